The molecule has 0 aromatic carbocycles. The lowest BCUT2D eigenvalue weighted by Crippen LogP contribution is -2.22. The van der Waals surface area contributed by atoms with Crippen LogP contribution in [-0.2, 0) is 6.54 Å². The summed E-state index contributed by atoms with van der Waals surface area (Å²) in [6.07, 6.45) is 1.77. The molecule has 0 fully saturated rings. The van der Waals surface area contributed by atoms with Gasteiger partial charge in [0.05, 0.1) is 6.61 Å². The zero-order valence-electron chi connectivity index (χ0n) is 11.0. The summed E-state index contributed by atoms with van der Waals surface area (Å²) in [6, 6.07) is 2.50. The minimum atomic E-state index is 0.451. The van der Waals surface area contributed by atoms with Crippen LogP contribution in [0.1, 0.15) is 33.3 Å². The molecule has 1 rings (SSSR count). The molecule has 0 saturated heterocycles. The Morgan fingerprint density at radius 2 is 2.06 bits per heavy atom. The first kappa shape index (κ1) is 14.5. The lowest BCUT2D eigenvalue weighted by atomic mass is 10.2. The predicted octanol–water partition coefficient (Wildman–Crippen LogP) is 3.38. The second-order valence-electron chi connectivity index (χ2n) is 4.86. The first-order valence-corrected chi connectivity index (χ1v) is 6.79. The summed E-state index contributed by atoms with van der Waals surface area (Å²) in [7, 11) is 0. The third kappa shape index (κ3) is 5.50. The van der Waals surface area contributed by atoms with Crippen LogP contribution in [0.5, 0.6) is 5.88 Å². The third-order valence-corrected chi connectivity index (χ3v) is 2.58. The molecule has 0 bridgehead atoms. The maximum atomic E-state index is 5.71. The van der Waals surface area contributed by atoms with E-state index in [2.05, 4.69) is 60.0 Å². The Morgan fingerprint density at radius 1 is 1.35 bits per heavy atom. The van der Waals surface area contributed by atoms with E-state index < -0.39 is 0 Å². The van der Waals surface area contributed by atoms with Crippen LogP contribution in [0.3, 0.4) is 0 Å². The van der Waals surface area contributed by atoms with Crippen molar-refractivity contribution in [1.29, 1.82) is 0 Å². The molecule has 0 saturated carbocycles. The van der Waals surface area contributed by atoms with Gasteiger partial charge in [-0.05, 0) is 27.9 Å². The van der Waals surface area contributed by atoms with Gasteiger partial charge in [0, 0.05) is 28.8 Å². The van der Waals surface area contributed by atoms with Gasteiger partial charge in [-0.2, -0.15) is 0 Å². The summed E-state index contributed by atoms with van der Waals surface area (Å²) in [5, 5.41) is 3.38. The molecule has 0 aliphatic heterocycles. The number of aromatic nitrogens is 1. The molecule has 0 amide bonds. The van der Waals surface area contributed by atoms with Crippen LogP contribution in [0.25, 0.3) is 0 Å². The van der Waals surface area contributed by atoms with Crippen molar-refractivity contribution >= 4 is 15.9 Å². The number of rotatable bonds is 6. The Labute approximate surface area is 112 Å². The molecule has 1 heterocycles. The number of nitrogens with one attached hydrogen (secondary N) is 1. The largest absolute Gasteiger partial charge is 0.477 e. The van der Waals surface area contributed by atoms with E-state index in [0.717, 1.165) is 22.5 Å². The molecule has 3 nitrogen and oxygen atoms in total. The average molecular weight is 301 g/mol. The second-order valence-corrected chi connectivity index (χ2v) is 5.77. The number of pyridine rings is 1. The van der Waals surface area contributed by atoms with Gasteiger partial charge in [0.25, 0.3) is 0 Å². The minimum Gasteiger partial charge on any atom is -0.477 e. The van der Waals surface area contributed by atoms with Crippen LogP contribution in [-0.4, -0.2) is 17.6 Å². The van der Waals surface area contributed by atoms with Crippen LogP contribution >= 0.6 is 15.9 Å². The van der Waals surface area contributed by atoms with Gasteiger partial charge >= 0.3 is 0 Å². The molecule has 0 aliphatic rings. The van der Waals surface area contributed by atoms with Crippen LogP contribution < -0.4 is 10.1 Å². The van der Waals surface area contributed by atoms with Gasteiger partial charge in [-0.1, -0.05) is 27.7 Å². The third-order valence-electron chi connectivity index (χ3n) is 2.15. The smallest absolute Gasteiger partial charge is 0.217 e. The van der Waals surface area contributed by atoms with Crippen molar-refractivity contribution in [2.45, 2.75) is 40.3 Å². The average Bonchev–Trinajstić information content (AvgIpc) is 2.24. The van der Waals surface area contributed by atoms with Crippen molar-refractivity contribution < 1.29 is 4.74 Å². The summed E-state index contributed by atoms with van der Waals surface area (Å²) >= 11 is 3.44. The fraction of sp³-hybridized carbons (Fsp3) is 0.615. The van der Waals surface area contributed by atoms with E-state index in [9.17, 15) is 0 Å². The highest BCUT2D eigenvalue weighted by Crippen LogP contribution is 2.20. The van der Waals surface area contributed by atoms with Crippen molar-refractivity contribution in [3.05, 3.63) is 22.3 Å². The maximum absolute atomic E-state index is 5.71. The second kappa shape index (κ2) is 6.97. The number of hydrogen-bond acceptors (Lipinski definition) is 3. The number of ether oxygens (including phenoxy) is 1. The molecule has 0 spiro atoms. The molecule has 1 N–H and O–H groups in total. The normalized spacial score (nSPS) is 11.2. The van der Waals surface area contributed by atoms with Gasteiger partial charge in [0.15, 0.2) is 0 Å². The summed E-state index contributed by atoms with van der Waals surface area (Å²) < 4.78 is 6.70. The van der Waals surface area contributed by atoms with E-state index in [4.69, 9.17) is 4.74 Å². The van der Waals surface area contributed by atoms with E-state index in [1.165, 1.54) is 0 Å². The summed E-state index contributed by atoms with van der Waals surface area (Å²) in [6.45, 7) is 9.98. The number of hydrogen-bond donors (Lipinski definition) is 1. The van der Waals surface area contributed by atoms with Gasteiger partial charge in [-0.25, -0.2) is 4.98 Å². The van der Waals surface area contributed by atoms with E-state index >= 15 is 0 Å². The molecule has 0 unspecified atom stereocenters. The highest BCUT2D eigenvalue weighted by atomic mass is 79.9. The summed E-state index contributed by atoms with van der Waals surface area (Å²) in [4.78, 5) is 4.32. The van der Waals surface area contributed by atoms with E-state index in [0.29, 0.717) is 18.6 Å². The Kier molecular flexibility index (Phi) is 5.92. The zero-order valence-corrected chi connectivity index (χ0v) is 12.5. The summed E-state index contributed by atoms with van der Waals surface area (Å²) in [5.74, 6) is 1.24. The van der Waals surface area contributed by atoms with Gasteiger partial charge in [-0.3, -0.25) is 0 Å². The topological polar surface area (TPSA) is 34.1 Å². The minimum absolute atomic E-state index is 0.451. The van der Waals surface area contributed by atoms with Crippen LogP contribution in [0.15, 0.2) is 16.7 Å². The first-order valence-electron chi connectivity index (χ1n) is 5.99. The Bertz CT molecular complexity index is 353. The molecule has 1 aromatic heterocycles. The predicted molar refractivity (Wildman–Crippen MR) is 74.2 cm³/mol. The lowest BCUT2D eigenvalue weighted by Gasteiger charge is -2.14. The van der Waals surface area contributed by atoms with Crippen LogP contribution in [0.4, 0.5) is 0 Å². The van der Waals surface area contributed by atoms with E-state index in [-0.39, 0.29) is 0 Å². The Balaban J connectivity index is 2.72. The molecule has 0 aliphatic carbocycles. The van der Waals surface area contributed by atoms with Crippen molar-refractivity contribution in [3.8, 4) is 5.88 Å². The molecule has 4 heteroatoms. The Morgan fingerprint density at radius 3 is 2.65 bits per heavy atom. The molecule has 96 valence electrons. The summed E-state index contributed by atoms with van der Waals surface area (Å²) in [5.41, 5.74) is 1.09. The SMILES string of the molecule is CC(C)COc1ncc(Br)cc1CNC(C)C. The first-order chi connectivity index (χ1) is 7.99. The zero-order chi connectivity index (χ0) is 12.8. The molecule has 1 aromatic rings. The molecular weight excluding hydrogens is 280 g/mol. The van der Waals surface area contributed by atoms with E-state index in [1.807, 2.05) is 0 Å². The van der Waals surface area contributed by atoms with Crippen molar-refractivity contribution in [2.24, 2.45) is 5.92 Å². The quantitative estimate of drug-likeness (QED) is 0.874. The highest BCUT2D eigenvalue weighted by Gasteiger charge is 2.08. The van der Waals surface area contributed by atoms with E-state index in [1.54, 1.807) is 6.20 Å². The standard InChI is InChI=1S/C13H21BrN2O/c1-9(2)8-17-13-11(6-15-10(3)4)5-12(14)7-16-13/h5,7,9-10,15H,6,8H2,1-4H3. The molecule has 17 heavy (non-hydrogen) atoms. The van der Waals surface area contributed by atoms with Gasteiger partial charge in [0.1, 0.15) is 0 Å². The van der Waals surface area contributed by atoms with Gasteiger partial charge in [0.2, 0.25) is 5.88 Å². The lowest BCUT2D eigenvalue weighted by molar-refractivity contribution is 0.258. The number of nitrogens with zero attached hydrogens (tertiary/aromatic N) is 1. The van der Waals surface area contributed by atoms with Gasteiger partial charge in [-0.15, -0.1) is 0 Å². The Hall–Kier alpha value is -0.610. The molecular formula is C13H21BrN2O. The maximum Gasteiger partial charge on any atom is 0.217 e. The highest BCUT2D eigenvalue weighted by molar-refractivity contribution is 9.10. The van der Waals surface area contributed by atoms with Crippen molar-refractivity contribution in [3.63, 3.8) is 0 Å². The number of halogens is 1. The van der Waals surface area contributed by atoms with Crippen LogP contribution in [0, 0.1) is 5.92 Å². The molecule has 0 radical (unpaired) electrons. The molecule has 0 atom stereocenters. The fourth-order valence-electron chi connectivity index (χ4n) is 1.28. The van der Waals surface area contributed by atoms with Crippen molar-refractivity contribution in [1.82, 2.24) is 10.3 Å². The fourth-order valence-corrected chi connectivity index (χ4v) is 1.66. The monoisotopic (exact) mass is 300 g/mol. The van der Waals surface area contributed by atoms with Crippen LogP contribution in [0.2, 0.25) is 0 Å². The van der Waals surface area contributed by atoms with Crippen molar-refractivity contribution in [2.75, 3.05) is 6.61 Å². The van der Waals surface area contributed by atoms with Gasteiger partial charge < -0.3 is 10.1 Å².